The van der Waals surface area contributed by atoms with E-state index in [0.29, 0.717) is 11.4 Å². The molecule has 0 amide bonds. The molecule has 2 aromatic carbocycles. The number of nitrogens with one attached hydrogen (secondary N) is 1. The monoisotopic (exact) mass is 376 g/mol. The van der Waals surface area contributed by atoms with Gasteiger partial charge < -0.3 is 0 Å². The number of halogens is 1. The van der Waals surface area contributed by atoms with E-state index in [0.717, 1.165) is 16.1 Å². The summed E-state index contributed by atoms with van der Waals surface area (Å²) in [6, 6.07) is 14.6. The molecule has 3 aromatic rings. The van der Waals surface area contributed by atoms with Crippen LogP contribution in [0.5, 0.6) is 0 Å². The molecule has 0 fully saturated rings. The molecule has 0 atom stereocenters. The summed E-state index contributed by atoms with van der Waals surface area (Å²) in [7, 11) is -3.55. The van der Waals surface area contributed by atoms with Crippen molar-refractivity contribution < 1.29 is 12.8 Å². The van der Waals surface area contributed by atoms with Gasteiger partial charge in [-0.3, -0.25) is 0 Å². The summed E-state index contributed by atoms with van der Waals surface area (Å²) < 4.78 is 40.1. The average Bonchev–Trinajstić information content (AvgIpc) is 2.96. The molecule has 7 heteroatoms. The third kappa shape index (κ3) is 4.50. The van der Waals surface area contributed by atoms with Crippen LogP contribution in [0.4, 0.5) is 4.39 Å². The lowest BCUT2D eigenvalue weighted by Crippen LogP contribution is -2.23. The van der Waals surface area contributed by atoms with Crippen molar-refractivity contribution in [1.29, 1.82) is 0 Å². The predicted molar refractivity (Wildman–Crippen MR) is 96.5 cm³/mol. The predicted octanol–water partition coefficient (Wildman–Crippen LogP) is 3.66. The van der Waals surface area contributed by atoms with Crippen LogP contribution in [0.3, 0.4) is 0 Å². The zero-order chi connectivity index (χ0) is 17.9. The number of hydrogen-bond donors (Lipinski definition) is 1. The summed E-state index contributed by atoms with van der Waals surface area (Å²) >= 11 is 1.46. The molecule has 0 saturated heterocycles. The van der Waals surface area contributed by atoms with Crippen molar-refractivity contribution in [2.24, 2.45) is 0 Å². The maximum atomic E-state index is 13.0. The van der Waals surface area contributed by atoms with Gasteiger partial charge in [0.05, 0.1) is 17.1 Å². The van der Waals surface area contributed by atoms with Crippen LogP contribution in [0.1, 0.15) is 21.1 Å². The third-order valence-corrected chi connectivity index (χ3v) is 6.26. The quantitative estimate of drug-likeness (QED) is 0.714. The second-order valence-corrected chi connectivity index (χ2v) is 8.49. The van der Waals surface area contributed by atoms with Crippen LogP contribution in [-0.4, -0.2) is 13.4 Å². The lowest BCUT2D eigenvalue weighted by atomic mass is 10.1. The number of rotatable bonds is 6. The highest BCUT2D eigenvalue weighted by atomic mass is 32.2. The van der Waals surface area contributed by atoms with Gasteiger partial charge in [0, 0.05) is 11.3 Å². The van der Waals surface area contributed by atoms with Gasteiger partial charge in [0.25, 0.3) is 0 Å². The molecule has 0 unspecified atom stereocenters. The van der Waals surface area contributed by atoms with Crippen molar-refractivity contribution in [3.63, 3.8) is 0 Å². The Kier molecular flexibility index (Phi) is 5.27. The Morgan fingerprint density at radius 2 is 1.76 bits per heavy atom. The topological polar surface area (TPSA) is 59.1 Å². The molecule has 0 bridgehead atoms. The second-order valence-electron chi connectivity index (χ2n) is 5.56. The van der Waals surface area contributed by atoms with Crippen molar-refractivity contribution >= 4 is 21.4 Å². The summed E-state index contributed by atoms with van der Waals surface area (Å²) in [4.78, 5) is 5.71. The molecule has 1 heterocycles. The van der Waals surface area contributed by atoms with Gasteiger partial charge in [0.15, 0.2) is 0 Å². The van der Waals surface area contributed by atoms with Crippen molar-refractivity contribution in [3.05, 3.63) is 81.6 Å². The molecule has 0 spiro atoms. The van der Waals surface area contributed by atoms with Gasteiger partial charge in [0.2, 0.25) is 10.0 Å². The van der Waals surface area contributed by atoms with Crippen LogP contribution in [0.15, 0.2) is 59.5 Å². The minimum Gasteiger partial charge on any atom is -0.245 e. The molecule has 1 aromatic heterocycles. The van der Waals surface area contributed by atoms with Gasteiger partial charge in [-0.25, -0.2) is 22.5 Å². The summed E-state index contributed by atoms with van der Waals surface area (Å²) in [5.41, 5.74) is 1.85. The first kappa shape index (κ1) is 17.7. The highest BCUT2D eigenvalue weighted by Crippen LogP contribution is 2.22. The van der Waals surface area contributed by atoms with Crippen molar-refractivity contribution in [3.8, 4) is 0 Å². The Balaban J connectivity index is 1.69. The highest BCUT2D eigenvalue weighted by Gasteiger charge is 2.15. The lowest BCUT2D eigenvalue weighted by molar-refractivity contribution is 0.581. The van der Waals surface area contributed by atoms with Crippen LogP contribution in [-0.2, 0) is 23.0 Å². The van der Waals surface area contributed by atoms with E-state index in [-0.39, 0.29) is 17.3 Å². The summed E-state index contributed by atoms with van der Waals surface area (Å²) in [6.45, 7) is 2.04. The number of sulfonamides is 1. The molecule has 0 aliphatic rings. The maximum absolute atomic E-state index is 13.0. The molecule has 25 heavy (non-hydrogen) atoms. The fourth-order valence-electron chi connectivity index (χ4n) is 2.36. The van der Waals surface area contributed by atoms with Gasteiger partial charge in [-0.05, 0) is 36.8 Å². The van der Waals surface area contributed by atoms with Gasteiger partial charge in [-0.15, -0.1) is 11.3 Å². The lowest BCUT2D eigenvalue weighted by Gasteiger charge is -2.04. The first-order valence-corrected chi connectivity index (χ1v) is 9.98. The standard InChI is InChI=1S/C18H17FN2O2S2/c1-13-17(11-14-7-9-15(19)10-8-14)24-18(21-13)12-20-25(22,23)16-5-3-2-4-6-16/h2-10,20H,11-12H2,1H3. The van der Waals surface area contributed by atoms with E-state index < -0.39 is 10.0 Å². The van der Waals surface area contributed by atoms with Crippen LogP contribution >= 0.6 is 11.3 Å². The number of hydrogen-bond acceptors (Lipinski definition) is 4. The fraction of sp³-hybridized carbons (Fsp3) is 0.167. The SMILES string of the molecule is Cc1nc(CNS(=O)(=O)c2ccccc2)sc1Cc1ccc(F)cc1. The number of thiazole rings is 1. The first-order valence-electron chi connectivity index (χ1n) is 7.68. The van der Waals surface area contributed by atoms with Crippen molar-refractivity contribution in [2.45, 2.75) is 24.8 Å². The molecule has 130 valence electrons. The van der Waals surface area contributed by atoms with Crippen molar-refractivity contribution in [2.75, 3.05) is 0 Å². The van der Waals surface area contributed by atoms with E-state index in [2.05, 4.69) is 9.71 Å². The summed E-state index contributed by atoms with van der Waals surface area (Å²) in [6.07, 6.45) is 0.648. The Bertz CT molecular complexity index is 953. The van der Waals surface area contributed by atoms with Crippen LogP contribution in [0, 0.1) is 12.7 Å². The number of aryl methyl sites for hydroxylation is 1. The van der Waals surface area contributed by atoms with E-state index in [9.17, 15) is 12.8 Å². The molecular weight excluding hydrogens is 359 g/mol. The largest absolute Gasteiger partial charge is 0.245 e. The summed E-state index contributed by atoms with van der Waals surface area (Å²) in [5.74, 6) is -0.263. The molecule has 4 nitrogen and oxygen atoms in total. The molecule has 0 aliphatic heterocycles. The van der Waals surface area contributed by atoms with E-state index in [4.69, 9.17) is 0 Å². The Morgan fingerprint density at radius 3 is 2.44 bits per heavy atom. The maximum Gasteiger partial charge on any atom is 0.240 e. The minimum atomic E-state index is -3.55. The molecule has 0 saturated carbocycles. The van der Waals surface area contributed by atoms with E-state index in [1.807, 2.05) is 6.92 Å². The number of benzene rings is 2. The zero-order valence-corrected chi connectivity index (χ0v) is 15.2. The van der Waals surface area contributed by atoms with E-state index >= 15 is 0 Å². The van der Waals surface area contributed by atoms with Gasteiger partial charge in [0.1, 0.15) is 10.8 Å². The van der Waals surface area contributed by atoms with E-state index in [1.54, 1.807) is 42.5 Å². The average molecular weight is 376 g/mol. The number of aromatic nitrogens is 1. The normalized spacial score (nSPS) is 11.6. The van der Waals surface area contributed by atoms with E-state index in [1.165, 1.54) is 23.5 Å². The third-order valence-electron chi connectivity index (χ3n) is 3.68. The summed E-state index contributed by atoms with van der Waals surface area (Å²) in [5, 5.41) is 0.703. The Hall–Kier alpha value is -2.09. The number of nitrogens with zero attached hydrogens (tertiary/aromatic N) is 1. The van der Waals surface area contributed by atoms with Gasteiger partial charge in [-0.2, -0.15) is 0 Å². The van der Waals surface area contributed by atoms with Crippen LogP contribution in [0.25, 0.3) is 0 Å². The van der Waals surface area contributed by atoms with Gasteiger partial charge in [-0.1, -0.05) is 30.3 Å². The molecule has 3 rings (SSSR count). The highest BCUT2D eigenvalue weighted by molar-refractivity contribution is 7.89. The first-order chi connectivity index (χ1) is 11.9. The molecule has 1 N–H and O–H groups in total. The molecular formula is C18H17FN2O2S2. The zero-order valence-electron chi connectivity index (χ0n) is 13.6. The van der Waals surface area contributed by atoms with Crippen LogP contribution in [0.2, 0.25) is 0 Å². The smallest absolute Gasteiger partial charge is 0.240 e. The van der Waals surface area contributed by atoms with Crippen LogP contribution < -0.4 is 4.72 Å². The minimum absolute atomic E-state index is 0.145. The fourth-order valence-corrected chi connectivity index (χ4v) is 4.50. The Labute approximate surface area is 150 Å². The Morgan fingerprint density at radius 1 is 1.08 bits per heavy atom. The second kappa shape index (κ2) is 7.43. The van der Waals surface area contributed by atoms with Gasteiger partial charge >= 0.3 is 0 Å². The van der Waals surface area contributed by atoms with Crippen molar-refractivity contribution in [1.82, 2.24) is 9.71 Å². The molecule has 0 aliphatic carbocycles. The molecule has 0 radical (unpaired) electrons.